The second-order valence-electron chi connectivity index (χ2n) is 2.49. The van der Waals surface area contributed by atoms with Gasteiger partial charge in [-0.2, -0.15) is 0 Å². The number of nitrogens with two attached hydrogens (primary N) is 1. The maximum atomic E-state index is 5.28. The molecule has 2 N–H and O–H groups in total. The first-order valence-electron chi connectivity index (χ1n) is 4.19. The minimum absolute atomic E-state index is 0.568. The zero-order valence-corrected chi connectivity index (χ0v) is 7.39. The number of oxime groups is 1. The van der Waals surface area contributed by atoms with Gasteiger partial charge in [-0.25, -0.2) is 0 Å². The molecule has 4 heteroatoms. The summed E-state index contributed by atoms with van der Waals surface area (Å²) in [4.78, 5) is 8.83. The van der Waals surface area contributed by atoms with Crippen molar-refractivity contribution < 1.29 is 4.84 Å². The van der Waals surface area contributed by atoms with E-state index in [0.29, 0.717) is 13.2 Å². The molecule has 13 heavy (non-hydrogen) atoms. The van der Waals surface area contributed by atoms with Crippen molar-refractivity contribution in [2.24, 2.45) is 10.9 Å². The van der Waals surface area contributed by atoms with Crippen molar-refractivity contribution in [2.75, 3.05) is 13.2 Å². The van der Waals surface area contributed by atoms with Crippen molar-refractivity contribution in [1.82, 2.24) is 4.98 Å². The minimum Gasteiger partial charge on any atom is -0.396 e. The molecular weight excluding hydrogens is 166 g/mol. The largest absolute Gasteiger partial charge is 0.396 e. The van der Waals surface area contributed by atoms with Crippen LogP contribution in [-0.4, -0.2) is 24.4 Å². The molecule has 1 heterocycles. The van der Waals surface area contributed by atoms with Crippen LogP contribution in [0.2, 0.25) is 0 Å². The summed E-state index contributed by atoms with van der Waals surface area (Å²) in [6.07, 6.45) is 5.90. The van der Waals surface area contributed by atoms with Gasteiger partial charge >= 0.3 is 0 Å². The van der Waals surface area contributed by atoms with Gasteiger partial charge in [0, 0.05) is 12.4 Å². The maximum Gasteiger partial charge on any atom is 0.118 e. The number of aromatic nitrogens is 1. The van der Waals surface area contributed by atoms with Crippen molar-refractivity contribution in [1.29, 1.82) is 0 Å². The highest BCUT2D eigenvalue weighted by molar-refractivity contribution is 5.78. The second-order valence-corrected chi connectivity index (χ2v) is 2.49. The van der Waals surface area contributed by atoms with Gasteiger partial charge < -0.3 is 10.6 Å². The number of rotatable bonds is 5. The summed E-state index contributed by atoms with van der Waals surface area (Å²) in [7, 11) is 0. The number of hydrogen-bond acceptors (Lipinski definition) is 4. The number of hydrogen-bond donors (Lipinski definition) is 1. The SMILES string of the molecule is NCCCO/N=C/c1ccncc1. The number of nitrogens with zero attached hydrogens (tertiary/aromatic N) is 2. The summed E-state index contributed by atoms with van der Waals surface area (Å²) < 4.78 is 0. The van der Waals surface area contributed by atoms with Crippen LogP contribution >= 0.6 is 0 Å². The Bertz CT molecular complexity index is 248. The van der Waals surface area contributed by atoms with Gasteiger partial charge in [-0.1, -0.05) is 5.16 Å². The second kappa shape index (κ2) is 6.14. The summed E-state index contributed by atoms with van der Waals surface area (Å²) in [6, 6.07) is 3.71. The lowest BCUT2D eigenvalue weighted by Gasteiger charge is -1.95. The van der Waals surface area contributed by atoms with Crippen LogP contribution in [0.4, 0.5) is 0 Å². The quantitative estimate of drug-likeness (QED) is 0.413. The van der Waals surface area contributed by atoms with Gasteiger partial charge in [-0.3, -0.25) is 4.98 Å². The van der Waals surface area contributed by atoms with Crippen LogP contribution in [0.5, 0.6) is 0 Å². The van der Waals surface area contributed by atoms with Crippen LogP contribution in [0.15, 0.2) is 29.7 Å². The predicted octanol–water partition coefficient (Wildman–Crippen LogP) is 0.781. The predicted molar refractivity (Wildman–Crippen MR) is 51.5 cm³/mol. The van der Waals surface area contributed by atoms with E-state index >= 15 is 0 Å². The molecule has 0 radical (unpaired) electrons. The van der Waals surface area contributed by atoms with Gasteiger partial charge in [-0.15, -0.1) is 0 Å². The fraction of sp³-hybridized carbons (Fsp3) is 0.333. The Balaban J connectivity index is 2.25. The van der Waals surface area contributed by atoms with Gasteiger partial charge in [0.2, 0.25) is 0 Å². The van der Waals surface area contributed by atoms with Crippen LogP contribution in [0.1, 0.15) is 12.0 Å². The van der Waals surface area contributed by atoms with E-state index in [1.54, 1.807) is 18.6 Å². The average molecular weight is 179 g/mol. The maximum absolute atomic E-state index is 5.28. The monoisotopic (exact) mass is 179 g/mol. The summed E-state index contributed by atoms with van der Waals surface area (Å²) in [5, 5.41) is 3.77. The van der Waals surface area contributed by atoms with Gasteiger partial charge in [0.05, 0.1) is 6.21 Å². The summed E-state index contributed by atoms with van der Waals surface area (Å²) in [5.74, 6) is 0. The minimum atomic E-state index is 0.568. The summed E-state index contributed by atoms with van der Waals surface area (Å²) in [5.41, 5.74) is 6.26. The average Bonchev–Trinajstić information content (AvgIpc) is 2.19. The van der Waals surface area contributed by atoms with Crippen molar-refractivity contribution in [3.63, 3.8) is 0 Å². The molecule has 0 aliphatic carbocycles. The van der Waals surface area contributed by atoms with Crippen LogP contribution in [0.3, 0.4) is 0 Å². The molecule has 1 aromatic heterocycles. The highest BCUT2D eigenvalue weighted by Gasteiger charge is 1.84. The molecule has 0 aromatic carbocycles. The highest BCUT2D eigenvalue weighted by atomic mass is 16.6. The first kappa shape index (κ1) is 9.67. The van der Waals surface area contributed by atoms with Crippen molar-refractivity contribution in [3.05, 3.63) is 30.1 Å². The van der Waals surface area contributed by atoms with Crippen LogP contribution in [0.25, 0.3) is 0 Å². The molecule has 0 unspecified atom stereocenters. The number of pyridine rings is 1. The van der Waals surface area contributed by atoms with Gasteiger partial charge in [-0.05, 0) is 30.7 Å². The topological polar surface area (TPSA) is 60.5 Å². The molecule has 0 saturated heterocycles. The van der Waals surface area contributed by atoms with Crippen molar-refractivity contribution in [2.45, 2.75) is 6.42 Å². The third-order valence-electron chi connectivity index (χ3n) is 1.42. The summed E-state index contributed by atoms with van der Waals surface area (Å²) in [6.45, 7) is 1.20. The zero-order valence-electron chi connectivity index (χ0n) is 7.39. The molecule has 1 aromatic rings. The lowest BCUT2D eigenvalue weighted by molar-refractivity contribution is 0.145. The Hall–Kier alpha value is -1.42. The van der Waals surface area contributed by atoms with E-state index in [9.17, 15) is 0 Å². The van der Waals surface area contributed by atoms with Gasteiger partial charge in [0.1, 0.15) is 6.61 Å². The van der Waals surface area contributed by atoms with Gasteiger partial charge in [0.25, 0.3) is 0 Å². The highest BCUT2D eigenvalue weighted by Crippen LogP contribution is 1.91. The lowest BCUT2D eigenvalue weighted by Crippen LogP contribution is -2.02. The van der Waals surface area contributed by atoms with E-state index in [1.807, 2.05) is 12.1 Å². The standard InChI is InChI=1S/C9H13N3O/c10-4-1-7-13-12-8-9-2-5-11-6-3-9/h2-3,5-6,8H,1,4,7,10H2/b12-8+. The molecule has 0 bridgehead atoms. The molecule has 0 aliphatic heterocycles. The Kier molecular flexibility index (Phi) is 4.56. The molecule has 0 aliphatic rings. The van der Waals surface area contributed by atoms with E-state index in [2.05, 4.69) is 10.1 Å². The van der Waals surface area contributed by atoms with Gasteiger partial charge in [0.15, 0.2) is 0 Å². The molecule has 0 spiro atoms. The van der Waals surface area contributed by atoms with Crippen LogP contribution in [-0.2, 0) is 4.84 Å². The molecule has 0 fully saturated rings. The summed E-state index contributed by atoms with van der Waals surface area (Å²) >= 11 is 0. The van der Waals surface area contributed by atoms with Crippen LogP contribution in [0, 0.1) is 0 Å². The van der Waals surface area contributed by atoms with E-state index in [1.165, 1.54) is 0 Å². The molecule has 70 valence electrons. The van der Waals surface area contributed by atoms with Crippen molar-refractivity contribution in [3.8, 4) is 0 Å². The van der Waals surface area contributed by atoms with E-state index in [4.69, 9.17) is 10.6 Å². The molecule has 0 atom stereocenters. The van der Waals surface area contributed by atoms with E-state index < -0.39 is 0 Å². The van der Waals surface area contributed by atoms with Crippen LogP contribution < -0.4 is 5.73 Å². The Morgan fingerprint density at radius 2 is 2.23 bits per heavy atom. The normalized spacial score (nSPS) is 10.5. The first-order chi connectivity index (χ1) is 6.43. The molecule has 0 amide bonds. The Morgan fingerprint density at radius 1 is 1.46 bits per heavy atom. The lowest BCUT2D eigenvalue weighted by atomic mass is 10.3. The third-order valence-corrected chi connectivity index (χ3v) is 1.42. The molecule has 1 rings (SSSR count). The fourth-order valence-corrected chi connectivity index (χ4v) is 0.748. The smallest absolute Gasteiger partial charge is 0.118 e. The first-order valence-corrected chi connectivity index (χ1v) is 4.19. The molecule has 4 nitrogen and oxygen atoms in total. The third kappa shape index (κ3) is 4.22. The fourth-order valence-electron chi connectivity index (χ4n) is 0.748. The van der Waals surface area contributed by atoms with E-state index in [-0.39, 0.29) is 0 Å². The molecular formula is C9H13N3O. The van der Waals surface area contributed by atoms with E-state index in [0.717, 1.165) is 12.0 Å². The molecule has 0 saturated carbocycles. The Morgan fingerprint density at radius 3 is 2.92 bits per heavy atom. The van der Waals surface area contributed by atoms with Crippen molar-refractivity contribution >= 4 is 6.21 Å². The zero-order chi connectivity index (χ0) is 9.36. The Labute approximate surface area is 77.4 Å².